The normalized spacial score (nSPS) is 13.4. The van der Waals surface area contributed by atoms with Crippen molar-refractivity contribution in [3.63, 3.8) is 0 Å². The quantitative estimate of drug-likeness (QED) is 0.155. The molecule has 1 aliphatic carbocycles. The number of fused-ring (bicyclic) bond motifs is 10. The Bertz CT molecular complexity index is 3130. The standard InChI is InChI=1S/C57H48F2N2/c1-55(2,3)57(56(4,5)6)53-46-31-28-44(60(40-19-9-7-10-20-40)42-23-15-17-38(58)34-42)33-37(46)27-30-50(53)52-48-26-14-13-25-47(48)51-36-45(29-32-49(51)54(52)57)61(41-21-11-8-12-22-41)43-24-16-18-39(59)35-43/h7-36H,1-6H3. The summed E-state index contributed by atoms with van der Waals surface area (Å²) < 4.78 is 29.7. The van der Waals surface area contributed by atoms with Crippen molar-refractivity contribution in [3.8, 4) is 11.1 Å². The number of para-hydroxylation sites is 2. The third-order valence-corrected chi connectivity index (χ3v) is 13.0. The third kappa shape index (κ3) is 5.95. The van der Waals surface area contributed by atoms with Gasteiger partial charge in [0.15, 0.2) is 0 Å². The SMILES string of the molecule is CC(C)(C)C1(C(C)(C)C)c2c(ccc3cc(N(c4ccccc4)c4cccc(F)c4)ccc23)-c2c1c1ccc(N(c3ccccc3)c3cccc(F)c3)cc1c1ccccc21. The number of anilines is 6. The van der Waals surface area contributed by atoms with E-state index in [2.05, 4.69) is 148 Å². The Morgan fingerprint density at radius 2 is 0.836 bits per heavy atom. The van der Waals surface area contributed by atoms with E-state index < -0.39 is 5.41 Å². The van der Waals surface area contributed by atoms with E-state index >= 15 is 0 Å². The van der Waals surface area contributed by atoms with Crippen LogP contribution in [0.2, 0.25) is 0 Å². The summed E-state index contributed by atoms with van der Waals surface area (Å²) in [5, 5.41) is 7.12. The van der Waals surface area contributed by atoms with Crippen LogP contribution in [0.25, 0.3) is 43.4 Å². The Labute approximate surface area is 357 Å². The number of hydrogen-bond donors (Lipinski definition) is 0. The zero-order valence-corrected chi connectivity index (χ0v) is 35.5. The first-order chi connectivity index (χ1) is 29.4. The molecule has 0 radical (unpaired) electrons. The Balaban J connectivity index is 1.27. The van der Waals surface area contributed by atoms with Crippen LogP contribution in [0.5, 0.6) is 0 Å². The highest BCUT2D eigenvalue weighted by atomic mass is 19.1. The van der Waals surface area contributed by atoms with Gasteiger partial charge in [-0.25, -0.2) is 8.78 Å². The second-order valence-electron chi connectivity index (χ2n) is 18.5. The van der Waals surface area contributed by atoms with Crippen LogP contribution in [0.15, 0.2) is 182 Å². The summed E-state index contributed by atoms with van der Waals surface area (Å²) >= 11 is 0. The van der Waals surface area contributed by atoms with Crippen molar-refractivity contribution in [2.24, 2.45) is 10.8 Å². The predicted molar refractivity (Wildman–Crippen MR) is 253 cm³/mol. The van der Waals surface area contributed by atoms with E-state index in [0.717, 1.165) is 44.9 Å². The fourth-order valence-electron chi connectivity index (χ4n) is 11.1. The van der Waals surface area contributed by atoms with Crippen LogP contribution < -0.4 is 9.80 Å². The molecule has 0 amide bonds. The predicted octanol–water partition coefficient (Wildman–Crippen LogP) is 16.7. The van der Waals surface area contributed by atoms with E-state index in [1.165, 1.54) is 55.9 Å². The molecule has 1 aliphatic rings. The maximum atomic E-state index is 14.9. The minimum atomic E-state index is -0.459. The van der Waals surface area contributed by atoms with Gasteiger partial charge in [-0.15, -0.1) is 0 Å². The van der Waals surface area contributed by atoms with E-state index in [1.807, 2.05) is 48.5 Å². The maximum Gasteiger partial charge on any atom is 0.125 e. The van der Waals surface area contributed by atoms with Crippen molar-refractivity contribution in [3.05, 3.63) is 205 Å². The fourth-order valence-corrected chi connectivity index (χ4v) is 11.1. The second kappa shape index (κ2) is 14.2. The van der Waals surface area contributed by atoms with E-state index in [4.69, 9.17) is 0 Å². The average Bonchev–Trinajstić information content (AvgIpc) is 3.59. The van der Waals surface area contributed by atoms with Crippen molar-refractivity contribution in [2.45, 2.75) is 47.0 Å². The summed E-state index contributed by atoms with van der Waals surface area (Å²) in [4.78, 5) is 4.28. The monoisotopic (exact) mass is 798 g/mol. The molecule has 10 rings (SSSR count). The van der Waals surface area contributed by atoms with E-state index in [-0.39, 0.29) is 22.5 Å². The highest BCUT2D eigenvalue weighted by Crippen LogP contribution is 2.68. The van der Waals surface area contributed by atoms with E-state index in [9.17, 15) is 8.78 Å². The van der Waals surface area contributed by atoms with Gasteiger partial charge in [0.25, 0.3) is 0 Å². The van der Waals surface area contributed by atoms with E-state index in [0.29, 0.717) is 0 Å². The highest BCUT2D eigenvalue weighted by Gasteiger charge is 2.59. The first-order valence-corrected chi connectivity index (χ1v) is 21.1. The van der Waals surface area contributed by atoms with Crippen molar-refractivity contribution in [1.29, 1.82) is 0 Å². The van der Waals surface area contributed by atoms with Gasteiger partial charge in [-0.3, -0.25) is 0 Å². The summed E-state index contributed by atoms with van der Waals surface area (Å²) in [6, 6.07) is 61.1. The molecule has 9 aromatic carbocycles. The number of halogens is 2. The Hall–Kier alpha value is -6.78. The molecule has 61 heavy (non-hydrogen) atoms. The summed E-state index contributed by atoms with van der Waals surface area (Å²) in [6.45, 7) is 14.4. The molecule has 0 unspecified atom stereocenters. The van der Waals surface area contributed by atoms with Crippen LogP contribution in [0.1, 0.15) is 52.7 Å². The zero-order valence-electron chi connectivity index (χ0n) is 35.5. The van der Waals surface area contributed by atoms with Crippen LogP contribution in [0, 0.1) is 22.5 Å². The van der Waals surface area contributed by atoms with Gasteiger partial charge in [-0.2, -0.15) is 0 Å². The van der Waals surface area contributed by atoms with Gasteiger partial charge >= 0.3 is 0 Å². The fraction of sp³-hybridized carbons (Fsp3) is 0.158. The minimum absolute atomic E-state index is 0.248. The van der Waals surface area contributed by atoms with E-state index in [1.54, 1.807) is 24.3 Å². The van der Waals surface area contributed by atoms with Gasteiger partial charge in [0.05, 0.1) is 0 Å². The summed E-state index contributed by atoms with van der Waals surface area (Å²) in [7, 11) is 0. The molecule has 0 spiro atoms. The molecule has 0 bridgehead atoms. The molecule has 0 saturated heterocycles. The average molecular weight is 799 g/mol. The lowest BCUT2D eigenvalue weighted by atomic mass is 9.49. The molecule has 0 aromatic heterocycles. The maximum absolute atomic E-state index is 14.9. The van der Waals surface area contributed by atoms with Crippen molar-refractivity contribution >= 4 is 66.4 Å². The van der Waals surface area contributed by atoms with Crippen molar-refractivity contribution < 1.29 is 8.78 Å². The molecular formula is C57H48F2N2. The molecule has 4 heteroatoms. The Morgan fingerprint density at radius 3 is 1.38 bits per heavy atom. The van der Waals surface area contributed by atoms with Crippen LogP contribution in [0.4, 0.5) is 42.9 Å². The molecule has 0 N–H and O–H groups in total. The second-order valence-corrected chi connectivity index (χ2v) is 18.5. The highest BCUT2D eigenvalue weighted by molar-refractivity contribution is 6.20. The summed E-state index contributed by atoms with van der Waals surface area (Å²) in [5.74, 6) is -0.551. The van der Waals surface area contributed by atoms with Gasteiger partial charge in [0, 0.05) is 39.5 Å². The number of hydrogen-bond acceptors (Lipinski definition) is 2. The van der Waals surface area contributed by atoms with Gasteiger partial charge in [0.1, 0.15) is 11.6 Å². The Kier molecular flexibility index (Phi) is 8.92. The van der Waals surface area contributed by atoms with Crippen LogP contribution in [0.3, 0.4) is 0 Å². The van der Waals surface area contributed by atoms with Gasteiger partial charge in [-0.05, 0) is 150 Å². The molecule has 0 aliphatic heterocycles. The summed E-state index contributed by atoms with van der Waals surface area (Å²) in [5.41, 5.74) is 9.64. The molecule has 0 heterocycles. The number of nitrogens with zero attached hydrogens (tertiary/aromatic N) is 2. The van der Waals surface area contributed by atoms with Crippen LogP contribution >= 0.6 is 0 Å². The molecule has 2 nitrogen and oxygen atoms in total. The molecule has 300 valence electrons. The third-order valence-electron chi connectivity index (χ3n) is 13.0. The molecule has 0 saturated carbocycles. The molecule has 0 atom stereocenters. The number of rotatable bonds is 6. The minimum Gasteiger partial charge on any atom is -0.310 e. The first kappa shape index (κ1) is 38.4. The van der Waals surface area contributed by atoms with Gasteiger partial charge < -0.3 is 9.80 Å². The largest absolute Gasteiger partial charge is 0.310 e. The lowest BCUT2D eigenvalue weighted by Crippen LogP contribution is -2.50. The number of benzene rings is 9. The Morgan fingerprint density at radius 1 is 0.361 bits per heavy atom. The molecular weight excluding hydrogens is 751 g/mol. The van der Waals surface area contributed by atoms with Crippen LogP contribution in [-0.2, 0) is 5.41 Å². The van der Waals surface area contributed by atoms with Crippen LogP contribution in [-0.4, -0.2) is 0 Å². The van der Waals surface area contributed by atoms with Crippen molar-refractivity contribution in [2.75, 3.05) is 9.80 Å². The summed E-state index contributed by atoms with van der Waals surface area (Å²) in [6.07, 6.45) is 0. The van der Waals surface area contributed by atoms with Crippen molar-refractivity contribution in [1.82, 2.24) is 0 Å². The topological polar surface area (TPSA) is 6.48 Å². The van der Waals surface area contributed by atoms with Gasteiger partial charge in [0.2, 0.25) is 0 Å². The molecule has 9 aromatic rings. The first-order valence-electron chi connectivity index (χ1n) is 21.1. The lowest BCUT2D eigenvalue weighted by Gasteiger charge is -2.54. The smallest absolute Gasteiger partial charge is 0.125 e. The molecule has 0 fully saturated rings. The zero-order chi connectivity index (χ0) is 42.3. The lowest BCUT2D eigenvalue weighted by molar-refractivity contribution is 0.0977. The van der Waals surface area contributed by atoms with Gasteiger partial charge in [-0.1, -0.05) is 139 Å².